The van der Waals surface area contributed by atoms with Gasteiger partial charge in [-0.15, -0.1) is 5.10 Å². The van der Waals surface area contributed by atoms with Gasteiger partial charge in [0, 0.05) is 36.5 Å². The zero-order chi connectivity index (χ0) is 40.6. The molecule has 4 N–H and O–H groups in total. The third-order valence-electron chi connectivity index (χ3n) is 11.1. The number of carbonyl (C=O) groups is 2. The molecule has 0 saturated carbocycles. The molecule has 3 heterocycles. The van der Waals surface area contributed by atoms with Crippen molar-refractivity contribution in [2.45, 2.75) is 70.2 Å². The number of hydrogen-bond donors (Lipinski definition) is 4. The van der Waals surface area contributed by atoms with Crippen molar-refractivity contribution in [3.63, 3.8) is 0 Å². The van der Waals surface area contributed by atoms with Crippen LogP contribution in [0.5, 0.6) is 5.75 Å². The van der Waals surface area contributed by atoms with Crippen LogP contribution in [0.15, 0.2) is 115 Å². The average molecular weight is 785 g/mol. The van der Waals surface area contributed by atoms with E-state index in [4.69, 9.17) is 4.74 Å². The molecule has 2 aliphatic heterocycles. The maximum absolute atomic E-state index is 14.2. The first-order chi connectivity index (χ1) is 28.3. The van der Waals surface area contributed by atoms with Crippen molar-refractivity contribution in [1.82, 2.24) is 20.3 Å². The summed E-state index contributed by atoms with van der Waals surface area (Å²) in [4.78, 5) is 31.6. The molecule has 0 bridgehead atoms. The first kappa shape index (κ1) is 40.5. The molecular formula is C46H52N6O6. The Labute approximate surface area is 339 Å². The highest BCUT2D eigenvalue weighted by Crippen LogP contribution is 2.46. The Balaban J connectivity index is 1.04. The fourth-order valence-corrected chi connectivity index (χ4v) is 8.00. The summed E-state index contributed by atoms with van der Waals surface area (Å²) >= 11 is 0. The van der Waals surface area contributed by atoms with Gasteiger partial charge in [-0.1, -0.05) is 85.0 Å². The summed E-state index contributed by atoms with van der Waals surface area (Å²) in [5, 5.41) is 43.4. The highest BCUT2D eigenvalue weighted by Gasteiger charge is 2.52. The van der Waals surface area contributed by atoms with Crippen LogP contribution in [-0.4, -0.2) is 74.5 Å². The van der Waals surface area contributed by atoms with E-state index in [0.29, 0.717) is 61.6 Å². The normalized spacial score (nSPS) is 18.7. The number of aromatic nitrogens is 3. The van der Waals surface area contributed by atoms with Crippen LogP contribution in [0.4, 0.5) is 17.1 Å². The summed E-state index contributed by atoms with van der Waals surface area (Å²) in [6, 6.07) is 30.1. The Morgan fingerprint density at radius 1 is 0.966 bits per heavy atom. The van der Waals surface area contributed by atoms with Crippen LogP contribution in [0.1, 0.15) is 67.0 Å². The molecule has 0 saturated heterocycles. The molecule has 0 fully saturated rings. The molecule has 0 spiro atoms. The zero-order valence-electron chi connectivity index (χ0n) is 33.1. The summed E-state index contributed by atoms with van der Waals surface area (Å²) in [5.41, 5.74) is 4.47. The second kappa shape index (κ2) is 18.3. The Hall–Kier alpha value is -5.66. The van der Waals surface area contributed by atoms with Crippen molar-refractivity contribution >= 4 is 28.9 Å². The van der Waals surface area contributed by atoms with E-state index in [1.165, 1.54) is 0 Å². The molecule has 0 radical (unpaired) electrons. The Morgan fingerprint density at radius 2 is 1.74 bits per heavy atom. The molecule has 12 heteroatoms. The zero-order valence-corrected chi connectivity index (χ0v) is 33.1. The number of para-hydroxylation sites is 1. The summed E-state index contributed by atoms with van der Waals surface area (Å²) in [6.45, 7) is 5.75. The van der Waals surface area contributed by atoms with Crippen LogP contribution in [0, 0.1) is 5.92 Å². The first-order valence-corrected chi connectivity index (χ1v) is 20.2. The van der Waals surface area contributed by atoms with E-state index in [1.54, 1.807) is 14.5 Å². The summed E-state index contributed by atoms with van der Waals surface area (Å²) < 4.78 is 7.51. The summed E-state index contributed by atoms with van der Waals surface area (Å²) in [7, 11) is 0. The lowest BCUT2D eigenvalue weighted by Crippen LogP contribution is -2.49. The third-order valence-corrected chi connectivity index (χ3v) is 11.1. The molecule has 2 aliphatic rings. The second-order valence-electron chi connectivity index (χ2n) is 14.9. The minimum Gasteiger partial charge on any atom is -0.494 e. The monoisotopic (exact) mass is 784 g/mol. The minimum absolute atomic E-state index is 0.0615. The van der Waals surface area contributed by atoms with E-state index in [0.717, 1.165) is 34.5 Å². The predicted octanol–water partition coefficient (Wildman–Crippen LogP) is 5.77. The van der Waals surface area contributed by atoms with Gasteiger partial charge >= 0.3 is 0 Å². The van der Waals surface area contributed by atoms with Crippen molar-refractivity contribution in [1.29, 1.82) is 0 Å². The number of allylic oxidation sites excluding steroid dienone is 1. The van der Waals surface area contributed by atoms with Gasteiger partial charge in [-0.3, -0.25) is 19.2 Å². The number of carbonyl (C=O) groups excluding carboxylic acids is 2. The third kappa shape index (κ3) is 8.32. The number of rotatable bonds is 18. The van der Waals surface area contributed by atoms with Gasteiger partial charge in [-0.2, -0.15) is 0 Å². The number of amides is 2. The van der Waals surface area contributed by atoms with Crippen molar-refractivity contribution in [3.05, 3.63) is 143 Å². The Bertz CT molecular complexity index is 2210. The molecule has 5 aromatic rings. The van der Waals surface area contributed by atoms with E-state index in [1.807, 2.05) is 129 Å². The number of hydrogen-bond acceptors (Lipinski definition) is 9. The molecule has 4 atom stereocenters. The SMILES string of the molecule is CCOc1ccc2c(c1)CC(NCCCCO)C(=O)N2c1ccc(CN2C(=O)[C@@](O)([C@@H](C)/C=C/CCn3cc(C(CO)c4ccccc4)nn3)c3ccccc32)cc1. The average Bonchev–Trinajstić information content (AvgIpc) is 3.80. The van der Waals surface area contributed by atoms with Crippen molar-refractivity contribution in [3.8, 4) is 5.75 Å². The van der Waals surface area contributed by atoms with E-state index in [9.17, 15) is 24.9 Å². The number of unbranched alkanes of at least 4 members (excludes halogenated alkanes) is 1. The van der Waals surface area contributed by atoms with E-state index in [2.05, 4.69) is 15.6 Å². The lowest BCUT2D eigenvalue weighted by molar-refractivity contribution is -0.139. The number of fused-ring (bicyclic) bond motifs is 2. The van der Waals surface area contributed by atoms with Crippen LogP contribution < -0.4 is 19.9 Å². The standard InChI is InChI=1S/C46H52N6O6/c1-3-58-37-22-23-42-35(27-37)28-40(47-24-10-12-26-53)44(55)52(42)36-20-18-33(19-21-36)29-51-43-17-8-7-16-39(43)46(57,45(51)56)32(2)13-9-11-25-50-30-41(48-49-50)38(31-54)34-14-5-4-6-15-34/h4-9,13-23,27,30,32,38,40,47,53-54,57H,3,10-12,24-26,28-29,31H2,1-2H3/b13-9+/t32-,38?,40?,46+/m0/s1. The van der Waals surface area contributed by atoms with Gasteiger partial charge in [0.05, 0.1) is 48.8 Å². The number of benzene rings is 4. The van der Waals surface area contributed by atoms with Crippen LogP contribution >= 0.6 is 0 Å². The maximum atomic E-state index is 14.2. The van der Waals surface area contributed by atoms with E-state index in [-0.39, 0.29) is 31.6 Å². The van der Waals surface area contributed by atoms with Gasteiger partial charge in [0.1, 0.15) is 5.75 Å². The van der Waals surface area contributed by atoms with Crippen LogP contribution in [0.2, 0.25) is 0 Å². The number of ether oxygens (including phenoxy) is 1. The van der Waals surface area contributed by atoms with Gasteiger partial charge in [0.2, 0.25) is 5.91 Å². The number of aliphatic hydroxyl groups is 3. The molecule has 12 nitrogen and oxygen atoms in total. The maximum Gasteiger partial charge on any atom is 0.264 e. The van der Waals surface area contributed by atoms with Gasteiger partial charge < -0.3 is 30.3 Å². The minimum atomic E-state index is -1.76. The molecule has 7 rings (SSSR count). The van der Waals surface area contributed by atoms with Crippen molar-refractivity contribution in [2.24, 2.45) is 5.92 Å². The summed E-state index contributed by atoms with van der Waals surface area (Å²) in [6.07, 6.45) is 8.23. The van der Waals surface area contributed by atoms with Gasteiger partial charge in [0.25, 0.3) is 5.91 Å². The largest absolute Gasteiger partial charge is 0.494 e. The number of aryl methyl sites for hydroxylation is 1. The van der Waals surface area contributed by atoms with E-state index < -0.39 is 23.5 Å². The molecule has 2 amide bonds. The van der Waals surface area contributed by atoms with Gasteiger partial charge in [0.15, 0.2) is 5.60 Å². The number of nitrogens with zero attached hydrogens (tertiary/aromatic N) is 5. The highest BCUT2D eigenvalue weighted by atomic mass is 16.5. The highest BCUT2D eigenvalue weighted by molar-refractivity contribution is 6.08. The fourth-order valence-electron chi connectivity index (χ4n) is 8.00. The lowest BCUT2D eigenvalue weighted by atomic mass is 9.83. The first-order valence-electron chi connectivity index (χ1n) is 20.2. The molecule has 1 aromatic heterocycles. The lowest BCUT2D eigenvalue weighted by Gasteiger charge is -2.35. The second-order valence-corrected chi connectivity index (χ2v) is 14.9. The Kier molecular flexibility index (Phi) is 12.8. The van der Waals surface area contributed by atoms with Gasteiger partial charge in [-0.05, 0) is 92.2 Å². The van der Waals surface area contributed by atoms with Crippen LogP contribution in [0.3, 0.4) is 0 Å². The van der Waals surface area contributed by atoms with Crippen LogP contribution in [0.25, 0.3) is 0 Å². The Morgan fingerprint density at radius 3 is 2.50 bits per heavy atom. The summed E-state index contributed by atoms with van der Waals surface area (Å²) in [5.74, 6) is -0.497. The predicted molar refractivity (Wildman–Crippen MR) is 223 cm³/mol. The number of anilines is 3. The van der Waals surface area contributed by atoms with E-state index >= 15 is 0 Å². The van der Waals surface area contributed by atoms with Crippen LogP contribution in [-0.2, 0) is 34.7 Å². The molecule has 58 heavy (non-hydrogen) atoms. The van der Waals surface area contributed by atoms with Crippen molar-refractivity contribution < 1.29 is 29.6 Å². The molecule has 4 aromatic carbocycles. The number of nitrogens with one attached hydrogen (secondary N) is 1. The van der Waals surface area contributed by atoms with Gasteiger partial charge in [-0.25, -0.2) is 0 Å². The smallest absolute Gasteiger partial charge is 0.264 e. The van der Waals surface area contributed by atoms with Crippen molar-refractivity contribution in [2.75, 3.05) is 36.2 Å². The molecule has 2 unspecified atom stereocenters. The molecular weight excluding hydrogens is 733 g/mol. The quantitative estimate of drug-likeness (QED) is 0.0641. The number of aliphatic hydroxyl groups excluding tert-OH is 2. The fraction of sp³-hybridized carbons (Fsp3) is 0.348. The topological polar surface area (TPSA) is 153 Å². The molecule has 302 valence electrons. The molecule has 0 aliphatic carbocycles.